The molecule has 0 atom stereocenters. The van der Waals surface area contributed by atoms with Crippen molar-refractivity contribution in [1.29, 1.82) is 0 Å². The number of carbonyl (C=O) groups is 1. The number of hydrogen-bond donors (Lipinski definition) is 1. The first-order valence-electron chi connectivity index (χ1n) is 4.38. The molecule has 0 saturated heterocycles. The Bertz CT molecular complexity index is 552. The molecule has 0 amide bonds. The topological polar surface area (TPSA) is 50.2 Å². The van der Waals surface area contributed by atoms with Crippen molar-refractivity contribution in [3.8, 4) is 0 Å². The van der Waals surface area contributed by atoms with Crippen molar-refractivity contribution in [2.75, 3.05) is 0 Å². The Hall–Kier alpha value is -1.97. The number of carboxylic acids is 1. The van der Waals surface area contributed by atoms with Crippen LogP contribution in [-0.4, -0.2) is 16.1 Å². The second-order valence-corrected chi connectivity index (χ2v) is 3.27. The molecule has 15 heavy (non-hydrogen) atoms. The summed E-state index contributed by atoms with van der Waals surface area (Å²) in [5.41, 5.74) is 1.04. The molecule has 1 aromatic carbocycles. The van der Waals surface area contributed by atoms with Crippen molar-refractivity contribution >= 4 is 16.9 Å². The van der Waals surface area contributed by atoms with Crippen LogP contribution in [0, 0.1) is 12.7 Å². The maximum absolute atomic E-state index is 13.2. The minimum Gasteiger partial charge on any atom is -0.478 e. The third-order valence-corrected chi connectivity index (χ3v) is 2.19. The zero-order chi connectivity index (χ0) is 11.0. The van der Waals surface area contributed by atoms with Crippen LogP contribution in [0.3, 0.4) is 0 Å². The number of aryl methyl sites for hydroxylation is 1. The molecule has 0 fully saturated rings. The van der Waals surface area contributed by atoms with E-state index >= 15 is 0 Å². The van der Waals surface area contributed by atoms with Gasteiger partial charge in [-0.2, -0.15) is 0 Å². The first-order chi connectivity index (χ1) is 7.08. The number of carboxylic acid groups (broad SMARTS) is 1. The van der Waals surface area contributed by atoms with E-state index in [1.165, 1.54) is 18.2 Å². The Morgan fingerprint density at radius 1 is 1.40 bits per heavy atom. The average Bonchev–Trinajstić information content (AvgIpc) is 2.19. The highest BCUT2D eigenvalue weighted by Gasteiger charge is 2.06. The Morgan fingerprint density at radius 2 is 2.13 bits per heavy atom. The molecule has 0 aliphatic carbocycles. The number of hydrogen-bond acceptors (Lipinski definition) is 2. The van der Waals surface area contributed by atoms with Gasteiger partial charge >= 0.3 is 5.97 Å². The Kier molecular flexibility index (Phi) is 2.11. The summed E-state index contributed by atoms with van der Waals surface area (Å²) in [6, 6.07) is 5.73. The van der Waals surface area contributed by atoms with Gasteiger partial charge < -0.3 is 5.11 Å². The predicted molar refractivity (Wildman–Crippen MR) is 53.4 cm³/mol. The van der Waals surface area contributed by atoms with Gasteiger partial charge in [-0.15, -0.1) is 0 Å². The fourth-order valence-corrected chi connectivity index (χ4v) is 1.38. The molecular formula is C11H8FNO2. The van der Waals surface area contributed by atoms with Gasteiger partial charge in [0.25, 0.3) is 0 Å². The van der Waals surface area contributed by atoms with E-state index in [1.807, 2.05) is 0 Å². The largest absolute Gasteiger partial charge is 0.478 e. The molecule has 4 heteroatoms. The number of aromatic nitrogens is 1. The van der Waals surface area contributed by atoms with Crippen LogP contribution in [0.5, 0.6) is 0 Å². The molecule has 1 aromatic heterocycles. The van der Waals surface area contributed by atoms with Gasteiger partial charge in [-0.1, -0.05) is 0 Å². The van der Waals surface area contributed by atoms with Crippen molar-refractivity contribution in [3.05, 3.63) is 41.3 Å². The number of halogens is 1. The van der Waals surface area contributed by atoms with Gasteiger partial charge in [0.05, 0.1) is 16.8 Å². The summed E-state index contributed by atoms with van der Waals surface area (Å²) in [7, 11) is 0. The van der Waals surface area contributed by atoms with Crippen LogP contribution in [0.15, 0.2) is 24.3 Å². The smallest absolute Gasteiger partial charge is 0.335 e. The van der Waals surface area contributed by atoms with Crippen LogP contribution in [0.1, 0.15) is 16.1 Å². The molecule has 2 rings (SSSR count). The van der Waals surface area contributed by atoms with Crippen molar-refractivity contribution in [3.63, 3.8) is 0 Å². The zero-order valence-electron chi connectivity index (χ0n) is 7.99. The second kappa shape index (κ2) is 3.31. The van der Waals surface area contributed by atoms with E-state index in [0.717, 1.165) is 0 Å². The molecule has 0 unspecified atom stereocenters. The lowest BCUT2D eigenvalue weighted by atomic mass is 10.1. The Morgan fingerprint density at radius 3 is 2.80 bits per heavy atom. The molecule has 0 radical (unpaired) electrons. The van der Waals surface area contributed by atoms with Crippen molar-refractivity contribution < 1.29 is 14.3 Å². The second-order valence-electron chi connectivity index (χ2n) is 3.27. The molecule has 0 spiro atoms. The molecule has 0 bridgehead atoms. The van der Waals surface area contributed by atoms with Crippen LogP contribution in [0.4, 0.5) is 4.39 Å². The summed E-state index contributed by atoms with van der Waals surface area (Å²) >= 11 is 0. The molecule has 0 aliphatic heterocycles. The molecule has 0 saturated carbocycles. The number of fused-ring (bicyclic) bond motifs is 1. The fourth-order valence-electron chi connectivity index (χ4n) is 1.38. The van der Waals surface area contributed by atoms with Gasteiger partial charge in [-0.05, 0) is 31.2 Å². The van der Waals surface area contributed by atoms with Gasteiger partial charge in [0.2, 0.25) is 0 Å². The normalized spacial score (nSPS) is 10.5. The lowest BCUT2D eigenvalue weighted by Crippen LogP contribution is -1.97. The monoisotopic (exact) mass is 205 g/mol. The number of pyridine rings is 1. The van der Waals surface area contributed by atoms with E-state index < -0.39 is 11.8 Å². The summed E-state index contributed by atoms with van der Waals surface area (Å²) < 4.78 is 13.2. The van der Waals surface area contributed by atoms with Crippen LogP contribution in [0.2, 0.25) is 0 Å². The summed E-state index contributed by atoms with van der Waals surface area (Å²) in [6.45, 7) is 1.57. The lowest BCUT2D eigenvalue weighted by molar-refractivity contribution is 0.0697. The number of aromatic carboxylic acids is 1. The van der Waals surface area contributed by atoms with Crippen LogP contribution < -0.4 is 0 Å². The summed E-state index contributed by atoms with van der Waals surface area (Å²) in [6.07, 6.45) is 0. The van der Waals surface area contributed by atoms with Gasteiger partial charge in [-0.25, -0.2) is 9.18 Å². The standard InChI is InChI=1S/C11H8FNO2/c1-6-9(12)5-8-4-7(11(14)15)2-3-10(8)13-6/h2-5H,1H3,(H,14,15). The minimum atomic E-state index is -1.03. The van der Waals surface area contributed by atoms with E-state index in [1.54, 1.807) is 13.0 Å². The van der Waals surface area contributed by atoms with Crippen LogP contribution in [0.25, 0.3) is 10.9 Å². The van der Waals surface area contributed by atoms with E-state index in [0.29, 0.717) is 16.6 Å². The van der Waals surface area contributed by atoms with E-state index in [4.69, 9.17) is 5.11 Å². The first kappa shape index (κ1) is 9.58. The molecular weight excluding hydrogens is 197 g/mol. The Balaban J connectivity index is 2.72. The summed E-state index contributed by atoms with van der Waals surface area (Å²) in [5.74, 6) is -1.46. The van der Waals surface area contributed by atoms with Gasteiger partial charge in [0.15, 0.2) is 0 Å². The number of nitrogens with zero attached hydrogens (tertiary/aromatic N) is 1. The third-order valence-electron chi connectivity index (χ3n) is 2.19. The van der Waals surface area contributed by atoms with Crippen molar-refractivity contribution in [2.45, 2.75) is 6.92 Å². The highest BCUT2D eigenvalue weighted by atomic mass is 19.1. The molecule has 1 N–H and O–H groups in total. The molecule has 76 valence electrons. The summed E-state index contributed by atoms with van der Waals surface area (Å²) in [5, 5.41) is 9.25. The van der Waals surface area contributed by atoms with Gasteiger partial charge in [0, 0.05) is 5.39 Å². The highest BCUT2D eigenvalue weighted by molar-refractivity contribution is 5.93. The molecule has 0 aliphatic rings. The van der Waals surface area contributed by atoms with Crippen LogP contribution >= 0.6 is 0 Å². The fraction of sp³-hybridized carbons (Fsp3) is 0.0909. The number of rotatable bonds is 1. The van der Waals surface area contributed by atoms with E-state index in [-0.39, 0.29) is 5.56 Å². The van der Waals surface area contributed by atoms with Crippen molar-refractivity contribution in [2.24, 2.45) is 0 Å². The minimum absolute atomic E-state index is 0.132. The zero-order valence-corrected chi connectivity index (χ0v) is 7.99. The average molecular weight is 205 g/mol. The molecule has 1 heterocycles. The van der Waals surface area contributed by atoms with Crippen LogP contribution in [-0.2, 0) is 0 Å². The summed E-state index contributed by atoms with van der Waals surface area (Å²) in [4.78, 5) is 14.7. The lowest BCUT2D eigenvalue weighted by Gasteiger charge is -2.01. The predicted octanol–water partition coefficient (Wildman–Crippen LogP) is 2.38. The maximum Gasteiger partial charge on any atom is 0.335 e. The SMILES string of the molecule is Cc1nc2ccc(C(=O)O)cc2cc1F. The van der Waals surface area contributed by atoms with E-state index in [2.05, 4.69) is 4.98 Å². The van der Waals surface area contributed by atoms with Gasteiger partial charge in [0.1, 0.15) is 5.82 Å². The first-order valence-corrected chi connectivity index (χ1v) is 4.38. The Labute approximate surface area is 85.2 Å². The molecule has 2 aromatic rings. The third kappa shape index (κ3) is 1.66. The quantitative estimate of drug-likeness (QED) is 0.777. The maximum atomic E-state index is 13.2. The highest BCUT2D eigenvalue weighted by Crippen LogP contribution is 2.17. The van der Waals surface area contributed by atoms with Gasteiger partial charge in [-0.3, -0.25) is 4.98 Å². The van der Waals surface area contributed by atoms with E-state index in [9.17, 15) is 9.18 Å². The molecule has 3 nitrogen and oxygen atoms in total. The van der Waals surface area contributed by atoms with Crippen molar-refractivity contribution in [1.82, 2.24) is 4.98 Å². The number of benzene rings is 1.